The van der Waals surface area contributed by atoms with E-state index in [2.05, 4.69) is 32.5 Å². The maximum atomic E-state index is 12.8. The quantitative estimate of drug-likeness (QED) is 0.593. The van der Waals surface area contributed by atoms with Crippen molar-refractivity contribution < 1.29 is 14.1 Å². The molecule has 5 N–H and O–H groups in total. The molecule has 8 heteroatoms. The van der Waals surface area contributed by atoms with E-state index in [-0.39, 0.29) is 17.4 Å². The Labute approximate surface area is 170 Å². The second-order valence-corrected chi connectivity index (χ2v) is 11.2. The summed E-state index contributed by atoms with van der Waals surface area (Å²) >= 11 is 3.70. The van der Waals surface area contributed by atoms with Gasteiger partial charge in [0.2, 0.25) is 0 Å². The number of hydrogen-bond donors (Lipinski definition) is 3. The minimum atomic E-state index is -2.09. The summed E-state index contributed by atoms with van der Waals surface area (Å²) < 4.78 is 23.1. The lowest BCUT2D eigenvalue weighted by atomic mass is 9.65. The van der Waals surface area contributed by atoms with Crippen molar-refractivity contribution in [3.8, 4) is 0 Å². The van der Waals surface area contributed by atoms with Crippen LogP contribution in [0.4, 0.5) is 0 Å². The Hall–Kier alpha value is -0.640. The van der Waals surface area contributed by atoms with Crippen LogP contribution >= 0.6 is 15.9 Å². The van der Waals surface area contributed by atoms with Gasteiger partial charge < -0.3 is 9.84 Å². The zero-order valence-corrected chi connectivity index (χ0v) is 18.0. The molecule has 1 heterocycles. The van der Waals surface area contributed by atoms with Gasteiger partial charge in [-0.1, -0.05) is 22.0 Å². The van der Waals surface area contributed by atoms with Crippen molar-refractivity contribution in [1.82, 2.24) is 0 Å². The van der Waals surface area contributed by atoms with E-state index in [1.807, 2.05) is 20.1 Å². The number of rotatable bonds is 2. The summed E-state index contributed by atoms with van der Waals surface area (Å²) in [5.74, 6) is 0.140. The molecule has 1 aliphatic heterocycles. The summed E-state index contributed by atoms with van der Waals surface area (Å²) in [7, 11) is -1.33. The van der Waals surface area contributed by atoms with Gasteiger partial charge in [-0.3, -0.25) is 11.5 Å². The molecular weight excluding hydrogens is 430 g/mol. The zero-order chi connectivity index (χ0) is 19.6. The molecule has 1 aromatic rings. The first-order valence-electron chi connectivity index (χ1n) is 9.29. The van der Waals surface area contributed by atoms with Gasteiger partial charge in [-0.2, -0.15) is 4.40 Å². The minimum Gasteiger partial charge on any atom is -0.341 e. The van der Waals surface area contributed by atoms with Crippen molar-refractivity contribution in [2.45, 2.75) is 68.8 Å². The van der Waals surface area contributed by atoms with Gasteiger partial charge in [0.15, 0.2) is 0 Å². The molecule has 2 aliphatic carbocycles. The van der Waals surface area contributed by atoms with Crippen molar-refractivity contribution in [2.24, 2.45) is 21.3 Å². The molecule has 148 valence electrons. The fraction of sp³-hybridized carbons (Fsp3) is 0.632. The molecule has 6 nitrogen and oxygen atoms in total. The molecule has 1 aromatic carbocycles. The van der Waals surface area contributed by atoms with Crippen LogP contribution in [-0.2, 0) is 26.9 Å². The highest BCUT2D eigenvalue weighted by atomic mass is 79.9. The lowest BCUT2D eigenvalue weighted by molar-refractivity contribution is -0.231. The number of benzene rings is 1. The topological polar surface area (TPSA) is 111 Å². The summed E-state index contributed by atoms with van der Waals surface area (Å²) in [5.41, 5.74) is 14.6. The van der Waals surface area contributed by atoms with E-state index >= 15 is 0 Å². The SMILES string of the molecule is CC1(C)c2c(Br)ccc3c2C(C=NS1=O)C1(CCC(OC(N)(N)O)CC1)C3. The third kappa shape index (κ3) is 3.24. The standard InChI is InChI=1S/C19H26BrN3O3S/c1-17(2)16-14(20)4-3-11-9-18(13(15(11)16)10-23-27(17)25)7-5-12(6-8-18)26-19(21,22)24/h3-4,10,12-13,24H,5-9,21-22H2,1-2H3. The first-order chi connectivity index (χ1) is 12.5. The molecule has 4 rings (SSSR count). The molecule has 2 atom stereocenters. The lowest BCUT2D eigenvalue weighted by Gasteiger charge is -2.41. The van der Waals surface area contributed by atoms with E-state index in [0.29, 0.717) is 0 Å². The lowest BCUT2D eigenvalue weighted by Crippen LogP contribution is -2.54. The van der Waals surface area contributed by atoms with E-state index in [4.69, 9.17) is 16.2 Å². The van der Waals surface area contributed by atoms with Crippen LogP contribution in [-0.4, -0.2) is 27.7 Å². The largest absolute Gasteiger partial charge is 0.341 e. The normalized spacial score (nSPS) is 34.5. The zero-order valence-electron chi connectivity index (χ0n) is 15.6. The maximum absolute atomic E-state index is 12.8. The van der Waals surface area contributed by atoms with Gasteiger partial charge in [0, 0.05) is 16.6 Å². The third-order valence-electron chi connectivity index (χ3n) is 6.43. The Morgan fingerprint density at radius 3 is 2.63 bits per heavy atom. The van der Waals surface area contributed by atoms with Gasteiger partial charge in [0.1, 0.15) is 11.0 Å². The molecule has 0 bridgehead atoms. The summed E-state index contributed by atoms with van der Waals surface area (Å²) in [4.78, 5) is 0. The van der Waals surface area contributed by atoms with E-state index in [1.165, 1.54) is 11.1 Å². The Morgan fingerprint density at radius 2 is 2.00 bits per heavy atom. The van der Waals surface area contributed by atoms with Crippen LogP contribution in [0.25, 0.3) is 0 Å². The smallest absolute Gasteiger partial charge is 0.284 e. The molecule has 3 aliphatic rings. The molecule has 1 fully saturated rings. The van der Waals surface area contributed by atoms with Crippen molar-refractivity contribution in [1.29, 1.82) is 0 Å². The van der Waals surface area contributed by atoms with Gasteiger partial charge >= 0.3 is 0 Å². The summed E-state index contributed by atoms with van der Waals surface area (Å²) in [6, 6.07) is 2.17. The van der Waals surface area contributed by atoms with Crippen molar-refractivity contribution in [3.05, 3.63) is 33.3 Å². The Bertz CT molecular complexity index is 826. The Morgan fingerprint density at radius 1 is 1.33 bits per heavy atom. The number of hydrogen-bond acceptors (Lipinski definition) is 5. The minimum absolute atomic E-state index is 0.0349. The average Bonchev–Trinajstić information content (AvgIpc) is 2.80. The molecule has 1 saturated carbocycles. The highest BCUT2D eigenvalue weighted by molar-refractivity contribution is 9.10. The Kier molecular flexibility index (Phi) is 4.69. The fourth-order valence-corrected chi connectivity index (χ4v) is 7.02. The highest BCUT2D eigenvalue weighted by Crippen LogP contribution is 2.58. The van der Waals surface area contributed by atoms with Crippen molar-refractivity contribution in [3.63, 3.8) is 0 Å². The molecular formula is C19H26BrN3O3S. The van der Waals surface area contributed by atoms with Crippen LogP contribution in [0.3, 0.4) is 0 Å². The van der Waals surface area contributed by atoms with Crippen molar-refractivity contribution >= 4 is 33.1 Å². The van der Waals surface area contributed by atoms with Crippen molar-refractivity contribution in [2.75, 3.05) is 0 Å². The second kappa shape index (κ2) is 6.43. The van der Waals surface area contributed by atoms with Gasteiger partial charge in [-0.05, 0) is 74.1 Å². The van der Waals surface area contributed by atoms with Gasteiger partial charge in [0.05, 0.1) is 10.9 Å². The average molecular weight is 456 g/mol. The van der Waals surface area contributed by atoms with Crippen LogP contribution in [0.15, 0.2) is 21.0 Å². The summed E-state index contributed by atoms with van der Waals surface area (Å²) in [5, 5.41) is 9.54. The molecule has 0 amide bonds. The van der Waals surface area contributed by atoms with Crippen LogP contribution < -0.4 is 11.5 Å². The third-order valence-corrected chi connectivity index (χ3v) is 8.48. The predicted octanol–water partition coefficient (Wildman–Crippen LogP) is 2.54. The maximum Gasteiger partial charge on any atom is 0.284 e. The second-order valence-electron chi connectivity index (χ2n) is 8.60. The summed E-state index contributed by atoms with van der Waals surface area (Å²) in [6.07, 6.45) is 6.14. The number of nitrogens with two attached hydrogens (primary N) is 2. The van der Waals surface area contributed by atoms with Crippen LogP contribution in [0.5, 0.6) is 0 Å². The van der Waals surface area contributed by atoms with Gasteiger partial charge in [-0.25, -0.2) is 4.21 Å². The molecule has 0 radical (unpaired) electrons. The fourth-order valence-electron chi connectivity index (χ4n) is 5.16. The monoisotopic (exact) mass is 455 g/mol. The van der Waals surface area contributed by atoms with E-state index in [9.17, 15) is 9.32 Å². The molecule has 27 heavy (non-hydrogen) atoms. The number of aliphatic hydroxyl groups is 1. The van der Waals surface area contributed by atoms with Crippen LogP contribution in [0.2, 0.25) is 0 Å². The van der Waals surface area contributed by atoms with E-state index < -0.39 is 21.8 Å². The number of nitrogens with zero attached hydrogens (tertiary/aromatic N) is 1. The van der Waals surface area contributed by atoms with E-state index in [1.54, 1.807) is 0 Å². The predicted molar refractivity (Wildman–Crippen MR) is 109 cm³/mol. The molecule has 1 spiro atoms. The molecule has 0 aromatic heterocycles. The van der Waals surface area contributed by atoms with E-state index in [0.717, 1.165) is 42.1 Å². The van der Waals surface area contributed by atoms with Crippen LogP contribution in [0.1, 0.15) is 62.1 Å². The van der Waals surface area contributed by atoms with Gasteiger partial charge in [-0.15, -0.1) is 0 Å². The highest BCUT2D eigenvalue weighted by Gasteiger charge is 2.51. The number of fused-ring (bicyclic) bond motifs is 1. The molecule has 0 saturated heterocycles. The first kappa shape index (κ1) is 19.7. The number of ether oxygens (including phenoxy) is 1. The van der Waals surface area contributed by atoms with Crippen LogP contribution in [0, 0.1) is 5.41 Å². The Balaban J connectivity index is 1.71. The first-order valence-corrected chi connectivity index (χ1v) is 11.2. The summed E-state index contributed by atoms with van der Waals surface area (Å²) in [6.45, 7) is 4.00. The molecule has 2 unspecified atom stereocenters. The number of halogens is 1. The van der Waals surface area contributed by atoms with Gasteiger partial charge in [0.25, 0.3) is 6.03 Å².